The van der Waals surface area contributed by atoms with Gasteiger partial charge in [0, 0.05) is 38.9 Å². The molecule has 2 aromatic heterocycles. The molecule has 0 radical (unpaired) electrons. The molecular weight excluding hydrogens is 234 g/mol. The van der Waals surface area contributed by atoms with Crippen LogP contribution in [-0.4, -0.2) is 22.2 Å². The highest BCUT2D eigenvalue weighted by atomic mass is 14.9. The fourth-order valence-electron chi connectivity index (χ4n) is 2.38. The summed E-state index contributed by atoms with van der Waals surface area (Å²) in [5.74, 6) is 0. The zero-order valence-electron chi connectivity index (χ0n) is 12.1. The maximum atomic E-state index is 3.53. The number of nitrogens with zero attached hydrogens (tertiary/aromatic N) is 2. The lowest BCUT2D eigenvalue weighted by Crippen LogP contribution is -2.17. The van der Waals surface area contributed by atoms with E-state index in [2.05, 4.69) is 65.5 Å². The summed E-state index contributed by atoms with van der Waals surface area (Å²) in [6.45, 7) is 2.23. The summed E-state index contributed by atoms with van der Waals surface area (Å²) in [4.78, 5) is 0. The standard InChI is InChI=1S/C16H25N3/c1-18-11-7-15(13-18)5-3-9-17-10-4-6-16-8-12-19(2)14-16/h7-8,11-14,17H,3-6,9-10H2,1-2H3. The number of aryl methyl sites for hydroxylation is 4. The largest absolute Gasteiger partial charge is 0.357 e. The zero-order valence-corrected chi connectivity index (χ0v) is 12.1. The van der Waals surface area contributed by atoms with Gasteiger partial charge in [-0.1, -0.05) is 0 Å². The van der Waals surface area contributed by atoms with Gasteiger partial charge in [-0.25, -0.2) is 0 Å². The molecule has 0 amide bonds. The molecule has 0 aliphatic rings. The molecule has 19 heavy (non-hydrogen) atoms. The van der Waals surface area contributed by atoms with Crippen molar-refractivity contribution in [3.8, 4) is 0 Å². The molecule has 2 heterocycles. The molecule has 2 rings (SSSR count). The van der Waals surface area contributed by atoms with E-state index in [9.17, 15) is 0 Å². The average molecular weight is 259 g/mol. The molecule has 0 fully saturated rings. The van der Waals surface area contributed by atoms with Crippen LogP contribution in [0.3, 0.4) is 0 Å². The van der Waals surface area contributed by atoms with Gasteiger partial charge in [0.25, 0.3) is 0 Å². The third-order valence-electron chi connectivity index (χ3n) is 3.42. The molecule has 0 atom stereocenters. The quantitative estimate of drug-likeness (QED) is 0.723. The number of nitrogens with one attached hydrogen (secondary N) is 1. The molecule has 104 valence electrons. The van der Waals surface area contributed by atoms with Gasteiger partial charge in [0.05, 0.1) is 0 Å². The minimum Gasteiger partial charge on any atom is -0.357 e. The second kappa shape index (κ2) is 7.19. The SMILES string of the molecule is Cn1ccc(CCCNCCCc2ccn(C)c2)c1. The van der Waals surface area contributed by atoms with Gasteiger partial charge >= 0.3 is 0 Å². The van der Waals surface area contributed by atoms with Crippen molar-refractivity contribution in [3.63, 3.8) is 0 Å². The van der Waals surface area contributed by atoms with Crippen LogP contribution < -0.4 is 5.32 Å². The van der Waals surface area contributed by atoms with Gasteiger partial charge in [-0.2, -0.15) is 0 Å². The van der Waals surface area contributed by atoms with Gasteiger partial charge in [0.2, 0.25) is 0 Å². The van der Waals surface area contributed by atoms with Crippen LogP contribution in [0.15, 0.2) is 36.9 Å². The lowest BCUT2D eigenvalue weighted by atomic mass is 10.2. The van der Waals surface area contributed by atoms with Crippen LogP contribution in [0.4, 0.5) is 0 Å². The molecule has 0 aromatic carbocycles. The number of hydrogen-bond acceptors (Lipinski definition) is 1. The Kier molecular flexibility index (Phi) is 5.28. The van der Waals surface area contributed by atoms with E-state index >= 15 is 0 Å². The monoisotopic (exact) mass is 259 g/mol. The average Bonchev–Trinajstić information content (AvgIpc) is 2.97. The number of aromatic nitrogens is 2. The Labute approximate surface area is 116 Å². The minimum atomic E-state index is 1.11. The summed E-state index contributed by atoms with van der Waals surface area (Å²) in [6, 6.07) is 4.41. The molecule has 1 N–H and O–H groups in total. The molecule has 0 aliphatic carbocycles. The molecule has 3 heteroatoms. The van der Waals surface area contributed by atoms with Gasteiger partial charge < -0.3 is 14.5 Å². The molecule has 0 saturated carbocycles. The predicted molar refractivity (Wildman–Crippen MR) is 80.3 cm³/mol. The van der Waals surface area contributed by atoms with Crippen molar-refractivity contribution < 1.29 is 0 Å². The predicted octanol–water partition coefficient (Wildman–Crippen LogP) is 2.52. The van der Waals surface area contributed by atoms with Crippen molar-refractivity contribution in [2.24, 2.45) is 14.1 Å². The molecule has 0 spiro atoms. The fraction of sp³-hybridized carbons (Fsp3) is 0.500. The summed E-state index contributed by atoms with van der Waals surface area (Å²) in [5, 5.41) is 3.53. The van der Waals surface area contributed by atoms with Gasteiger partial charge in [-0.15, -0.1) is 0 Å². The van der Waals surface area contributed by atoms with Crippen LogP contribution in [0.25, 0.3) is 0 Å². The normalized spacial score (nSPS) is 11.1. The maximum absolute atomic E-state index is 3.53. The number of rotatable bonds is 8. The highest BCUT2D eigenvalue weighted by Crippen LogP contribution is 2.04. The highest BCUT2D eigenvalue weighted by Gasteiger charge is 1.96. The van der Waals surface area contributed by atoms with E-state index in [4.69, 9.17) is 0 Å². The Morgan fingerprint density at radius 3 is 1.68 bits per heavy atom. The van der Waals surface area contributed by atoms with Gasteiger partial charge in [0.15, 0.2) is 0 Å². The topological polar surface area (TPSA) is 21.9 Å². The van der Waals surface area contributed by atoms with Crippen molar-refractivity contribution in [2.45, 2.75) is 25.7 Å². The second-order valence-electron chi connectivity index (χ2n) is 5.33. The van der Waals surface area contributed by atoms with Crippen LogP contribution in [0.5, 0.6) is 0 Å². The second-order valence-corrected chi connectivity index (χ2v) is 5.33. The molecule has 2 aromatic rings. The maximum Gasteiger partial charge on any atom is 0.0106 e. The lowest BCUT2D eigenvalue weighted by molar-refractivity contribution is 0.622. The smallest absolute Gasteiger partial charge is 0.0106 e. The molecule has 0 saturated heterocycles. The Morgan fingerprint density at radius 2 is 1.32 bits per heavy atom. The number of hydrogen-bond donors (Lipinski definition) is 1. The Balaban J connectivity index is 1.48. The van der Waals surface area contributed by atoms with Crippen LogP contribution >= 0.6 is 0 Å². The summed E-state index contributed by atoms with van der Waals surface area (Å²) in [6.07, 6.45) is 13.4. The minimum absolute atomic E-state index is 1.11. The first-order valence-corrected chi connectivity index (χ1v) is 7.16. The third kappa shape index (κ3) is 4.95. The molecule has 3 nitrogen and oxygen atoms in total. The summed E-state index contributed by atoms with van der Waals surface area (Å²) in [7, 11) is 4.15. The van der Waals surface area contributed by atoms with Gasteiger partial charge in [0.1, 0.15) is 0 Å². The van der Waals surface area contributed by atoms with Crippen molar-refractivity contribution in [3.05, 3.63) is 48.0 Å². The third-order valence-corrected chi connectivity index (χ3v) is 3.42. The summed E-state index contributed by atoms with van der Waals surface area (Å²) < 4.78 is 4.23. The van der Waals surface area contributed by atoms with Crippen LogP contribution in [0, 0.1) is 0 Å². The van der Waals surface area contributed by atoms with Crippen molar-refractivity contribution >= 4 is 0 Å². The molecule has 0 aliphatic heterocycles. The van der Waals surface area contributed by atoms with Gasteiger partial charge in [-0.3, -0.25) is 0 Å². The molecule has 0 bridgehead atoms. The molecule has 0 unspecified atom stereocenters. The molecular formula is C16H25N3. The van der Waals surface area contributed by atoms with E-state index in [1.807, 2.05) is 0 Å². The Bertz CT molecular complexity index is 437. The van der Waals surface area contributed by atoms with Crippen molar-refractivity contribution in [1.29, 1.82) is 0 Å². The summed E-state index contributed by atoms with van der Waals surface area (Å²) >= 11 is 0. The van der Waals surface area contributed by atoms with E-state index in [1.54, 1.807) is 0 Å². The van der Waals surface area contributed by atoms with E-state index < -0.39 is 0 Å². The Morgan fingerprint density at radius 1 is 0.842 bits per heavy atom. The van der Waals surface area contributed by atoms with E-state index in [0.717, 1.165) is 13.1 Å². The first kappa shape index (κ1) is 13.9. The first-order chi connectivity index (χ1) is 9.24. The fourth-order valence-corrected chi connectivity index (χ4v) is 2.38. The van der Waals surface area contributed by atoms with Gasteiger partial charge in [-0.05, 0) is 62.0 Å². The van der Waals surface area contributed by atoms with E-state index in [-0.39, 0.29) is 0 Å². The van der Waals surface area contributed by atoms with Crippen LogP contribution in [0.1, 0.15) is 24.0 Å². The van der Waals surface area contributed by atoms with Crippen molar-refractivity contribution in [2.75, 3.05) is 13.1 Å². The lowest BCUT2D eigenvalue weighted by Gasteiger charge is -2.03. The van der Waals surface area contributed by atoms with E-state index in [1.165, 1.54) is 36.8 Å². The Hall–Kier alpha value is -1.48. The van der Waals surface area contributed by atoms with Crippen LogP contribution in [0.2, 0.25) is 0 Å². The van der Waals surface area contributed by atoms with Crippen LogP contribution in [-0.2, 0) is 26.9 Å². The zero-order chi connectivity index (χ0) is 13.5. The summed E-state index contributed by atoms with van der Waals surface area (Å²) in [5.41, 5.74) is 2.88. The van der Waals surface area contributed by atoms with Crippen molar-refractivity contribution in [1.82, 2.24) is 14.5 Å². The first-order valence-electron chi connectivity index (χ1n) is 7.16. The van der Waals surface area contributed by atoms with E-state index in [0.29, 0.717) is 0 Å². The highest BCUT2D eigenvalue weighted by molar-refractivity contribution is 5.10.